The van der Waals surface area contributed by atoms with Gasteiger partial charge < -0.3 is 16.2 Å². The molecule has 0 saturated heterocycles. The van der Waals surface area contributed by atoms with Gasteiger partial charge in [0.1, 0.15) is 29.9 Å². The largest absolute Gasteiger partial charge is 0.456 e. The summed E-state index contributed by atoms with van der Waals surface area (Å²) in [5, 5.41) is 9.67. The predicted molar refractivity (Wildman–Crippen MR) is 128 cm³/mol. The summed E-state index contributed by atoms with van der Waals surface area (Å²) >= 11 is 6.90. The van der Waals surface area contributed by atoms with Gasteiger partial charge >= 0.3 is 5.97 Å². The number of anilines is 4. The maximum absolute atomic E-state index is 13.0. The molecule has 5 rings (SSSR count). The van der Waals surface area contributed by atoms with Crippen LogP contribution in [0.15, 0.2) is 68.7 Å². The zero-order chi connectivity index (χ0) is 22.6. The average molecular weight is 553 g/mol. The van der Waals surface area contributed by atoms with E-state index in [1.807, 2.05) is 53.4 Å². The number of carbonyl (C=O) groups excluding carboxylic acids is 1. The molecule has 2 aromatic carbocycles. The van der Waals surface area contributed by atoms with E-state index in [2.05, 4.69) is 42.9 Å². The Morgan fingerprint density at radius 2 is 1.69 bits per heavy atom. The maximum Gasteiger partial charge on any atom is 0.337 e. The van der Waals surface area contributed by atoms with Gasteiger partial charge in [0.25, 0.3) is 0 Å². The molecule has 1 atom stereocenters. The van der Waals surface area contributed by atoms with Crippen molar-refractivity contribution >= 4 is 60.8 Å². The fourth-order valence-corrected chi connectivity index (χ4v) is 4.73. The molecule has 32 heavy (non-hydrogen) atoms. The Hall–Kier alpha value is -3.35. The van der Waals surface area contributed by atoms with Crippen molar-refractivity contribution in [2.75, 3.05) is 23.0 Å². The number of nitrogens with zero attached hydrogens (tertiary/aromatic N) is 3. The van der Waals surface area contributed by atoms with Crippen molar-refractivity contribution in [3.63, 3.8) is 0 Å². The van der Waals surface area contributed by atoms with E-state index in [0.717, 1.165) is 20.2 Å². The Labute approximate surface area is 200 Å². The van der Waals surface area contributed by atoms with E-state index in [9.17, 15) is 10.1 Å². The first-order valence-electron chi connectivity index (χ1n) is 9.61. The van der Waals surface area contributed by atoms with E-state index in [1.165, 1.54) is 0 Å². The molecule has 0 aliphatic carbocycles. The minimum Gasteiger partial charge on any atom is -0.456 e. The van der Waals surface area contributed by atoms with E-state index < -0.39 is 11.9 Å². The molecule has 9 heteroatoms. The van der Waals surface area contributed by atoms with Crippen LogP contribution >= 0.6 is 31.9 Å². The summed E-state index contributed by atoms with van der Waals surface area (Å²) in [6.45, 7) is 0.0954. The average Bonchev–Trinajstić information content (AvgIpc) is 3.15. The minimum atomic E-state index is -0.546. The predicted octanol–water partition coefficient (Wildman–Crippen LogP) is 4.74. The fraction of sp³-hybridized carbons (Fsp3) is 0.0870. The molecule has 0 amide bonds. The molecule has 1 aromatic heterocycles. The first-order chi connectivity index (χ1) is 15.4. The number of pyridine rings is 1. The number of nitrogens with two attached hydrogens (primary N) is 2. The third-order valence-corrected chi connectivity index (χ3v) is 6.67. The Balaban J connectivity index is 1.86. The van der Waals surface area contributed by atoms with E-state index >= 15 is 0 Å². The summed E-state index contributed by atoms with van der Waals surface area (Å²) in [6, 6.07) is 17.2. The van der Waals surface area contributed by atoms with Gasteiger partial charge in [0.2, 0.25) is 0 Å². The molecule has 0 fully saturated rings. The van der Waals surface area contributed by atoms with Crippen LogP contribution in [-0.2, 0) is 9.53 Å². The van der Waals surface area contributed by atoms with Crippen molar-refractivity contribution in [2.45, 2.75) is 5.92 Å². The first kappa shape index (κ1) is 20.5. The standard InChI is InChI=1S/C23H15Br2N5O2/c24-12-3-1-11(2-4-12)17-18-16(10-32-23(18)31)30(14-7-5-13(25)6-8-14)22-19(17)20(27)15(9-26)21(28)29-22/h1-8,17H,10H2,(H4,27,28,29). The third kappa shape index (κ3) is 3.06. The van der Waals surface area contributed by atoms with Crippen molar-refractivity contribution in [3.8, 4) is 6.07 Å². The number of ether oxygens (including phenoxy) is 1. The zero-order valence-electron chi connectivity index (χ0n) is 16.5. The Morgan fingerprint density at radius 3 is 2.31 bits per heavy atom. The van der Waals surface area contributed by atoms with Crippen molar-refractivity contribution in [3.05, 3.63) is 85.4 Å². The monoisotopic (exact) mass is 551 g/mol. The second kappa shape index (κ2) is 7.65. The number of benzene rings is 2. The highest BCUT2D eigenvalue weighted by molar-refractivity contribution is 9.10. The van der Waals surface area contributed by atoms with Gasteiger partial charge in [0.15, 0.2) is 0 Å². The number of aromatic nitrogens is 1. The minimum absolute atomic E-state index is 0.0368. The second-order valence-corrected chi connectivity index (χ2v) is 9.20. The quantitative estimate of drug-likeness (QED) is 0.441. The van der Waals surface area contributed by atoms with Crippen molar-refractivity contribution in [2.24, 2.45) is 0 Å². The summed E-state index contributed by atoms with van der Waals surface area (Å²) < 4.78 is 7.28. The fourth-order valence-electron chi connectivity index (χ4n) is 4.20. The van der Waals surface area contributed by atoms with Gasteiger partial charge in [0, 0.05) is 26.1 Å². The molecule has 2 aliphatic heterocycles. The molecule has 0 saturated carbocycles. The SMILES string of the molecule is N#Cc1c(N)nc2c(c1N)C(c1ccc(Br)cc1)C1=C(COC1=O)N2c1ccc(Br)cc1. The molecule has 0 spiro atoms. The number of nitriles is 1. The molecular weight excluding hydrogens is 538 g/mol. The summed E-state index contributed by atoms with van der Waals surface area (Å²) in [4.78, 5) is 19.4. The molecule has 4 N–H and O–H groups in total. The molecular formula is C23H15Br2N5O2. The van der Waals surface area contributed by atoms with Crippen LogP contribution in [0.25, 0.3) is 0 Å². The van der Waals surface area contributed by atoms with E-state index in [1.54, 1.807) is 0 Å². The smallest absolute Gasteiger partial charge is 0.337 e. The number of cyclic esters (lactones) is 1. The summed E-state index contributed by atoms with van der Waals surface area (Å²) in [6.07, 6.45) is 0. The number of carbonyl (C=O) groups is 1. The lowest BCUT2D eigenvalue weighted by Gasteiger charge is -2.36. The van der Waals surface area contributed by atoms with Crippen LogP contribution in [0, 0.1) is 11.3 Å². The van der Waals surface area contributed by atoms with Gasteiger partial charge in [0.05, 0.1) is 17.0 Å². The highest BCUT2D eigenvalue weighted by Crippen LogP contribution is 2.52. The van der Waals surface area contributed by atoms with Gasteiger partial charge in [-0.05, 0) is 42.0 Å². The number of hydrogen-bond donors (Lipinski definition) is 2. The van der Waals surface area contributed by atoms with Crippen LogP contribution in [-0.4, -0.2) is 17.6 Å². The number of rotatable bonds is 2. The second-order valence-electron chi connectivity index (χ2n) is 7.37. The lowest BCUT2D eigenvalue weighted by Crippen LogP contribution is -2.30. The highest BCUT2D eigenvalue weighted by Gasteiger charge is 2.45. The topological polar surface area (TPSA) is 118 Å². The number of esters is 1. The zero-order valence-corrected chi connectivity index (χ0v) is 19.6. The summed E-state index contributed by atoms with van der Waals surface area (Å²) in [7, 11) is 0. The highest BCUT2D eigenvalue weighted by atomic mass is 79.9. The number of hydrogen-bond acceptors (Lipinski definition) is 7. The molecule has 3 aromatic rings. The van der Waals surface area contributed by atoms with Crippen LogP contribution in [0.5, 0.6) is 0 Å². The lowest BCUT2D eigenvalue weighted by molar-refractivity contribution is -0.136. The molecule has 158 valence electrons. The molecule has 3 heterocycles. The van der Waals surface area contributed by atoms with Crippen molar-refractivity contribution < 1.29 is 9.53 Å². The molecule has 1 unspecified atom stereocenters. The number of halogens is 2. The van der Waals surface area contributed by atoms with Gasteiger partial charge in [-0.3, -0.25) is 4.90 Å². The number of fused-ring (bicyclic) bond motifs is 1. The summed E-state index contributed by atoms with van der Waals surface area (Å²) in [5.41, 5.74) is 16.2. The normalized spacial score (nSPS) is 17.0. The molecule has 0 radical (unpaired) electrons. The maximum atomic E-state index is 13.0. The molecule has 2 aliphatic rings. The molecule has 0 bridgehead atoms. The van der Waals surface area contributed by atoms with Gasteiger partial charge in [-0.25, -0.2) is 9.78 Å². The van der Waals surface area contributed by atoms with E-state index in [4.69, 9.17) is 16.2 Å². The Kier molecular flexibility index (Phi) is 4.92. The van der Waals surface area contributed by atoms with Crippen LogP contribution < -0.4 is 16.4 Å². The van der Waals surface area contributed by atoms with Crippen LogP contribution in [0.2, 0.25) is 0 Å². The van der Waals surface area contributed by atoms with Crippen molar-refractivity contribution in [1.29, 1.82) is 5.26 Å². The first-order valence-corrected chi connectivity index (χ1v) is 11.2. The lowest BCUT2D eigenvalue weighted by atomic mass is 9.80. The van der Waals surface area contributed by atoms with Gasteiger partial charge in [-0.1, -0.05) is 44.0 Å². The number of nitrogen functional groups attached to an aromatic ring is 2. The van der Waals surface area contributed by atoms with Gasteiger partial charge in [-0.2, -0.15) is 5.26 Å². The van der Waals surface area contributed by atoms with E-state index in [-0.39, 0.29) is 23.7 Å². The summed E-state index contributed by atoms with van der Waals surface area (Å²) in [5.74, 6) is -0.452. The van der Waals surface area contributed by atoms with Crippen molar-refractivity contribution in [1.82, 2.24) is 4.98 Å². The van der Waals surface area contributed by atoms with E-state index in [0.29, 0.717) is 22.7 Å². The Morgan fingerprint density at radius 1 is 1.06 bits per heavy atom. The Bertz CT molecular complexity index is 1340. The van der Waals surface area contributed by atoms with Crippen LogP contribution in [0.1, 0.15) is 22.6 Å². The van der Waals surface area contributed by atoms with Gasteiger partial charge in [-0.15, -0.1) is 0 Å². The van der Waals surface area contributed by atoms with Crippen LogP contribution in [0.3, 0.4) is 0 Å². The van der Waals surface area contributed by atoms with Crippen LogP contribution in [0.4, 0.5) is 23.0 Å². The third-order valence-electron chi connectivity index (χ3n) is 5.61. The molecule has 7 nitrogen and oxygen atoms in total.